The summed E-state index contributed by atoms with van der Waals surface area (Å²) in [6, 6.07) is 0.182. The Hall–Kier alpha value is -1.10. The van der Waals surface area contributed by atoms with Crippen molar-refractivity contribution in [1.29, 1.82) is 0 Å². The highest BCUT2D eigenvalue weighted by atomic mass is 16.4. The number of carbonyl (C=O) groups excluding carboxylic acids is 1. The number of hydrazine groups is 1. The minimum absolute atomic E-state index is 0.00278. The van der Waals surface area contributed by atoms with Crippen molar-refractivity contribution in [2.45, 2.75) is 25.8 Å². The van der Waals surface area contributed by atoms with Crippen LogP contribution in [0.2, 0.25) is 0 Å². The zero-order chi connectivity index (χ0) is 10.0. The van der Waals surface area contributed by atoms with Crippen molar-refractivity contribution in [2.24, 2.45) is 0 Å². The number of carboxylic acids is 1. The Morgan fingerprint density at radius 1 is 1.69 bits per heavy atom. The first-order chi connectivity index (χ1) is 6.02. The molecule has 0 aromatic rings. The highest BCUT2D eigenvalue weighted by Crippen LogP contribution is 2.16. The second kappa shape index (κ2) is 3.74. The van der Waals surface area contributed by atoms with Crippen LogP contribution in [0.15, 0.2) is 0 Å². The lowest BCUT2D eigenvalue weighted by molar-refractivity contribution is -0.142. The van der Waals surface area contributed by atoms with Gasteiger partial charge in [-0.05, 0) is 6.92 Å². The Morgan fingerprint density at radius 3 is 2.69 bits per heavy atom. The Bertz CT molecular complexity index is 229. The molecular formula is C8H14N2O3. The van der Waals surface area contributed by atoms with Gasteiger partial charge in [0.25, 0.3) is 0 Å². The largest absolute Gasteiger partial charge is 0.481 e. The standard InChI is InChI=1S/C8H14N2O3/c1-6-5-7(11)10(9(6)2)4-3-8(12)13/h6H,3-5H2,1-2H3,(H,12,13). The van der Waals surface area contributed by atoms with Crippen molar-refractivity contribution in [1.82, 2.24) is 10.0 Å². The van der Waals surface area contributed by atoms with E-state index in [1.54, 1.807) is 12.1 Å². The van der Waals surface area contributed by atoms with E-state index in [0.29, 0.717) is 6.42 Å². The molecule has 0 bridgehead atoms. The molecule has 0 aliphatic carbocycles. The average molecular weight is 186 g/mol. The lowest BCUT2D eigenvalue weighted by Gasteiger charge is -2.25. The summed E-state index contributed by atoms with van der Waals surface area (Å²) in [6.07, 6.45) is 0.485. The summed E-state index contributed by atoms with van der Waals surface area (Å²) < 4.78 is 0. The lowest BCUT2D eigenvalue weighted by atomic mass is 10.2. The van der Waals surface area contributed by atoms with E-state index in [-0.39, 0.29) is 24.9 Å². The van der Waals surface area contributed by atoms with Crippen molar-refractivity contribution in [2.75, 3.05) is 13.6 Å². The minimum Gasteiger partial charge on any atom is -0.481 e. The van der Waals surface area contributed by atoms with Crippen LogP contribution in [0.4, 0.5) is 0 Å². The average Bonchev–Trinajstić information content (AvgIpc) is 2.24. The maximum Gasteiger partial charge on any atom is 0.305 e. The van der Waals surface area contributed by atoms with Gasteiger partial charge in [-0.25, -0.2) is 5.01 Å². The maximum absolute atomic E-state index is 11.3. The van der Waals surface area contributed by atoms with Gasteiger partial charge in [0, 0.05) is 26.1 Å². The number of rotatable bonds is 3. The summed E-state index contributed by atoms with van der Waals surface area (Å²) >= 11 is 0. The van der Waals surface area contributed by atoms with Gasteiger partial charge in [0.1, 0.15) is 0 Å². The summed E-state index contributed by atoms with van der Waals surface area (Å²) in [5.41, 5.74) is 0. The van der Waals surface area contributed by atoms with Gasteiger partial charge >= 0.3 is 5.97 Å². The van der Waals surface area contributed by atoms with E-state index >= 15 is 0 Å². The number of carboxylic acid groups (broad SMARTS) is 1. The summed E-state index contributed by atoms with van der Waals surface area (Å²) in [5, 5.41) is 11.8. The maximum atomic E-state index is 11.3. The first-order valence-electron chi connectivity index (χ1n) is 4.27. The second-order valence-electron chi connectivity index (χ2n) is 3.29. The van der Waals surface area contributed by atoms with Gasteiger partial charge in [-0.2, -0.15) is 0 Å². The minimum atomic E-state index is -0.874. The van der Waals surface area contributed by atoms with Gasteiger partial charge in [0.05, 0.1) is 6.42 Å². The fraction of sp³-hybridized carbons (Fsp3) is 0.750. The molecule has 1 saturated heterocycles. The highest BCUT2D eigenvalue weighted by molar-refractivity contribution is 5.78. The fourth-order valence-electron chi connectivity index (χ4n) is 1.39. The summed E-state index contributed by atoms with van der Waals surface area (Å²) in [5.74, 6) is -0.864. The molecule has 1 unspecified atom stereocenters. The third-order valence-corrected chi connectivity index (χ3v) is 2.31. The van der Waals surface area contributed by atoms with Crippen LogP contribution in [0.3, 0.4) is 0 Å². The smallest absolute Gasteiger partial charge is 0.305 e. The Kier molecular flexibility index (Phi) is 2.87. The van der Waals surface area contributed by atoms with E-state index in [9.17, 15) is 9.59 Å². The van der Waals surface area contributed by atoms with E-state index in [0.717, 1.165) is 0 Å². The Labute approximate surface area is 76.9 Å². The third-order valence-electron chi connectivity index (χ3n) is 2.31. The molecule has 1 amide bonds. The number of hydrogen-bond acceptors (Lipinski definition) is 3. The monoisotopic (exact) mass is 186 g/mol. The molecule has 1 rings (SSSR count). The van der Waals surface area contributed by atoms with E-state index < -0.39 is 5.97 Å². The first kappa shape index (κ1) is 9.98. The predicted octanol–water partition coefficient (Wildman–Crippen LogP) is -0.0713. The molecule has 0 radical (unpaired) electrons. The van der Waals surface area contributed by atoms with Crippen molar-refractivity contribution < 1.29 is 14.7 Å². The third kappa shape index (κ3) is 2.18. The zero-order valence-electron chi connectivity index (χ0n) is 7.86. The Balaban J connectivity index is 2.49. The van der Waals surface area contributed by atoms with Crippen LogP contribution < -0.4 is 0 Å². The van der Waals surface area contributed by atoms with Gasteiger partial charge in [-0.3, -0.25) is 14.6 Å². The quantitative estimate of drug-likeness (QED) is 0.670. The molecule has 0 saturated carbocycles. The van der Waals surface area contributed by atoms with E-state index in [2.05, 4.69) is 0 Å². The molecule has 5 heteroatoms. The van der Waals surface area contributed by atoms with E-state index in [1.807, 2.05) is 6.92 Å². The molecule has 0 spiro atoms. The highest BCUT2D eigenvalue weighted by Gasteiger charge is 2.31. The summed E-state index contributed by atoms with van der Waals surface area (Å²) in [4.78, 5) is 21.6. The number of nitrogens with zero attached hydrogens (tertiary/aromatic N) is 2. The molecule has 5 nitrogen and oxygen atoms in total. The molecule has 1 N–H and O–H groups in total. The second-order valence-corrected chi connectivity index (χ2v) is 3.29. The molecule has 0 aromatic carbocycles. The number of hydrogen-bond donors (Lipinski definition) is 1. The molecule has 1 fully saturated rings. The molecule has 1 aliphatic rings. The molecule has 74 valence electrons. The van der Waals surface area contributed by atoms with Gasteiger partial charge in [0.2, 0.25) is 5.91 Å². The van der Waals surface area contributed by atoms with Crippen molar-refractivity contribution in [3.05, 3.63) is 0 Å². The lowest BCUT2D eigenvalue weighted by Crippen LogP contribution is -2.39. The van der Waals surface area contributed by atoms with Gasteiger partial charge in [-0.1, -0.05) is 0 Å². The predicted molar refractivity (Wildman–Crippen MR) is 45.8 cm³/mol. The topological polar surface area (TPSA) is 60.9 Å². The molecule has 0 aromatic heterocycles. The molecule has 1 atom stereocenters. The Morgan fingerprint density at radius 2 is 2.31 bits per heavy atom. The molecule has 13 heavy (non-hydrogen) atoms. The number of amides is 1. The van der Waals surface area contributed by atoms with E-state index in [1.165, 1.54) is 5.01 Å². The number of aliphatic carboxylic acids is 1. The first-order valence-corrected chi connectivity index (χ1v) is 4.27. The van der Waals surface area contributed by atoms with E-state index in [4.69, 9.17) is 5.11 Å². The molecular weight excluding hydrogens is 172 g/mol. The van der Waals surface area contributed by atoms with Crippen molar-refractivity contribution in [3.8, 4) is 0 Å². The van der Waals surface area contributed by atoms with Crippen molar-refractivity contribution in [3.63, 3.8) is 0 Å². The van der Waals surface area contributed by atoms with Crippen molar-refractivity contribution >= 4 is 11.9 Å². The fourth-order valence-corrected chi connectivity index (χ4v) is 1.39. The van der Waals surface area contributed by atoms with Crippen LogP contribution in [-0.4, -0.2) is 46.6 Å². The van der Waals surface area contributed by atoms with Gasteiger partial charge in [0.15, 0.2) is 0 Å². The number of carbonyl (C=O) groups is 2. The van der Waals surface area contributed by atoms with Crippen LogP contribution >= 0.6 is 0 Å². The summed E-state index contributed by atoms with van der Waals surface area (Å²) in [7, 11) is 1.80. The SMILES string of the molecule is CC1CC(=O)N(CCC(=O)O)N1C. The van der Waals surface area contributed by atoms with Gasteiger partial charge in [-0.15, -0.1) is 0 Å². The normalized spacial score (nSPS) is 24.0. The van der Waals surface area contributed by atoms with Crippen LogP contribution in [0.1, 0.15) is 19.8 Å². The van der Waals surface area contributed by atoms with Crippen LogP contribution in [0.25, 0.3) is 0 Å². The zero-order valence-corrected chi connectivity index (χ0v) is 7.86. The van der Waals surface area contributed by atoms with Crippen LogP contribution in [-0.2, 0) is 9.59 Å². The van der Waals surface area contributed by atoms with Crippen LogP contribution in [0, 0.1) is 0 Å². The van der Waals surface area contributed by atoms with Crippen LogP contribution in [0.5, 0.6) is 0 Å². The summed E-state index contributed by atoms with van der Waals surface area (Å²) in [6.45, 7) is 2.22. The van der Waals surface area contributed by atoms with Gasteiger partial charge < -0.3 is 5.11 Å². The molecule has 1 aliphatic heterocycles. The molecule has 1 heterocycles.